The summed E-state index contributed by atoms with van der Waals surface area (Å²) in [5, 5.41) is 47.4. The molecule has 0 spiro atoms. The Morgan fingerprint density at radius 1 is 1.14 bits per heavy atom. The van der Waals surface area contributed by atoms with Gasteiger partial charge in [0.1, 0.15) is 17.5 Å². The highest BCUT2D eigenvalue weighted by molar-refractivity contribution is 5.95. The third-order valence-electron chi connectivity index (χ3n) is 10.3. The molecule has 9 atom stereocenters. The molecule has 202 valence electrons. The topological polar surface area (TPSA) is 134 Å². The zero-order valence-electron chi connectivity index (χ0n) is 22.1. The normalized spacial score (nSPS) is 44.7. The zero-order chi connectivity index (χ0) is 27.1. The van der Waals surface area contributed by atoms with Crippen LogP contribution in [0.25, 0.3) is 0 Å². The molecule has 2 saturated carbocycles. The smallest absolute Gasteiger partial charge is 0.174 e. The fourth-order valence-electron chi connectivity index (χ4n) is 8.12. The summed E-state index contributed by atoms with van der Waals surface area (Å²) in [6.07, 6.45) is -4.27. The molecular weight excluding hydrogens is 476 g/mol. The van der Waals surface area contributed by atoms with Crippen LogP contribution in [0.2, 0.25) is 0 Å². The molecule has 0 amide bonds. The second-order valence-electron chi connectivity index (χ2n) is 12.3. The largest absolute Gasteiger partial charge is 0.389 e. The highest BCUT2D eigenvalue weighted by Crippen LogP contribution is 2.65. The molecule has 1 aliphatic heterocycles. The first-order chi connectivity index (χ1) is 17.2. The Bertz CT molecular complexity index is 1140. The predicted molar refractivity (Wildman–Crippen MR) is 133 cm³/mol. The van der Waals surface area contributed by atoms with E-state index in [0.29, 0.717) is 5.57 Å². The number of rotatable bonds is 4. The van der Waals surface area contributed by atoms with Gasteiger partial charge in [0.2, 0.25) is 0 Å². The quantitative estimate of drug-likeness (QED) is 0.443. The Kier molecular flexibility index (Phi) is 6.15. The minimum Gasteiger partial charge on any atom is -0.389 e. The molecule has 0 radical (unpaired) electrons. The van der Waals surface area contributed by atoms with Gasteiger partial charge < -0.3 is 29.9 Å². The molecule has 7 unspecified atom stereocenters. The van der Waals surface area contributed by atoms with Gasteiger partial charge in [0.25, 0.3) is 0 Å². The van der Waals surface area contributed by atoms with Gasteiger partial charge in [-0.15, -0.1) is 0 Å². The van der Waals surface area contributed by atoms with Crippen LogP contribution in [-0.2, 0) is 25.5 Å². The molecule has 4 N–H and O–H groups in total. The molecule has 1 aromatic rings. The van der Waals surface area contributed by atoms with Gasteiger partial charge in [0.15, 0.2) is 5.78 Å². The van der Waals surface area contributed by atoms with E-state index in [9.17, 15) is 30.0 Å². The number of methoxy groups -OCH3 is 1. The maximum atomic E-state index is 14.4. The predicted octanol–water partition coefficient (Wildman–Crippen LogP) is 1.37. The van der Waals surface area contributed by atoms with Crippen molar-refractivity contribution in [3.05, 3.63) is 47.0 Å². The van der Waals surface area contributed by atoms with Gasteiger partial charge in [-0.05, 0) is 30.6 Å². The minimum absolute atomic E-state index is 0.0272. The highest BCUT2D eigenvalue weighted by atomic mass is 16.6. The molecule has 1 saturated heterocycles. The van der Waals surface area contributed by atoms with Crippen LogP contribution in [0.5, 0.6) is 0 Å². The van der Waals surface area contributed by atoms with E-state index in [4.69, 9.17) is 9.47 Å². The van der Waals surface area contributed by atoms with E-state index < -0.39 is 64.1 Å². The monoisotopic (exact) mass is 514 g/mol. The van der Waals surface area contributed by atoms with Crippen molar-refractivity contribution in [1.82, 2.24) is 0 Å². The first-order valence-corrected chi connectivity index (χ1v) is 13.0. The summed E-state index contributed by atoms with van der Waals surface area (Å²) in [4.78, 5) is 28.7. The van der Waals surface area contributed by atoms with Crippen molar-refractivity contribution < 1.29 is 39.5 Å². The SMILES string of the molecule is COC1CC2OC[C@@]2(O)C2C(C(=O)Cc3ccccc3)C3(O)CC(O)C(C)=C(C(O)C(=O)[C@]12C)C3(C)C. The lowest BCUT2D eigenvalue weighted by Crippen LogP contribution is -2.80. The summed E-state index contributed by atoms with van der Waals surface area (Å²) < 4.78 is 11.5. The summed E-state index contributed by atoms with van der Waals surface area (Å²) in [6, 6.07) is 9.13. The maximum Gasteiger partial charge on any atom is 0.174 e. The molecular formula is C29H38O8. The number of aliphatic hydroxyl groups is 4. The maximum absolute atomic E-state index is 14.4. The number of Topliss-reactive ketones (excluding diaryl/α,β-unsaturated/α-hetero) is 2. The highest BCUT2D eigenvalue weighted by Gasteiger charge is 2.76. The van der Waals surface area contributed by atoms with Crippen molar-refractivity contribution in [2.75, 3.05) is 13.7 Å². The van der Waals surface area contributed by atoms with Crippen molar-refractivity contribution in [2.24, 2.45) is 22.7 Å². The standard InChI is InChI=1S/C29H38O8/c1-15-18(31)13-29(35)22(17(30)11-16-9-7-6-8-10-16)24-27(4,25(33)23(32)21(15)26(29,2)3)19(36-5)12-20-28(24,34)14-37-20/h6-10,18-20,22-24,31-32,34-35H,11-14H2,1-5H3/t18?,19?,20?,22?,23?,24?,27-,28+,29?/m1/s1. The number of ketones is 2. The third kappa shape index (κ3) is 3.36. The summed E-state index contributed by atoms with van der Waals surface area (Å²) in [5.74, 6) is -3.30. The Labute approximate surface area is 217 Å². The second-order valence-corrected chi connectivity index (χ2v) is 12.3. The number of aliphatic hydroxyl groups excluding tert-OH is 2. The average Bonchev–Trinajstić information content (AvgIpc) is 2.83. The Morgan fingerprint density at radius 2 is 1.78 bits per heavy atom. The molecule has 8 heteroatoms. The van der Waals surface area contributed by atoms with Crippen molar-refractivity contribution in [2.45, 2.75) is 82.6 Å². The lowest BCUT2D eigenvalue weighted by Gasteiger charge is -2.67. The summed E-state index contributed by atoms with van der Waals surface area (Å²) in [7, 11) is 1.46. The van der Waals surface area contributed by atoms with Crippen molar-refractivity contribution in [1.29, 1.82) is 0 Å². The van der Waals surface area contributed by atoms with E-state index in [0.717, 1.165) is 5.56 Å². The van der Waals surface area contributed by atoms with Gasteiger partial charge in [-0.3, -0.25) is 9.59 Å². The average molecular weight is 515 g/mol. The molecule has 5 rings (SSSR count). The van der Waals surface area contributed by atoms with E-state index in [1.807, 2.05) is 30.3 Å². The van der Waals surface area contributed by atoms with Gasteiger partial charge in [0.05, 0.1) is 41.9 Å². The van der Waals surface area contributed by atoms with Crippen LogP contribution < -0.4 is 0 Å². The van der Waals surface area contributed by atoms with Crippen LogP contribution in [0.1, 0.15) is 46.1 Å². The van der Waals surface area contributed by atoms with Crippen LogP contribution in [0.15, 0.2) is 41.5 Å². The van der Waals surface area contributed by atoms with Crippen LogP contribution in [0, 0.1) is 22.7 Å². The van der Waals surface area contributed by atoms with Gasteiger partial charge in [-0.2, -0.15) is 0 Å². The molecule has 3 fully saturated rings. The van der Waals surface area contributed by atoms with E-state index in [1.54, 1.807) is 27.7 Å². The Hall–Kier alpha value is -1.94. The van der Waals surface area contributed by atoms with Crippen LogP contribution in [0.4, 0.5) is 0 Å². The molecule has 3 aliphatic carbocycles. The molecule has 1 aromatic carbocycles. The molecule has 4 aliphatic rings. The molecule has 1 heterocycles. The van der Waals surface area contributed by atoms with Crippen LogP contribution >= 0.6 is 0 Å². The molecule has 2 bridgehead atoms. The van der Waals surface area contributed by atoms with Gasteiger partial charge >= 0.3 is 0 Å². The number of ether oxygens (including phenoxy) is 2. The minimum atomic E-state index is -1.88. The van der Waals surface area contributed by atoms with E-state index in [2.05, 4.69) is 0 Å². The number of benzene rings is 1. The zero-order valence-corrected chi connectivity index (χ0v) is 22.1. The van der Waals surface area contributed by atoms with E-state index in [-0.39, 0.29) is 37.2 Å². The molecule has 8 nitrogen and oxygen atoms in total. The van der Waals surface area contributed by atoms with Gasteiger partial charge in [-0.25, -0.2) is 0 Å². The second kappa shape index (κ2) is 8.53. The van der Waals surface area contributed by atoms with Crippen LogP contribution in [0.3, 0.4) is 0 Å². The van der Waals surface area contributed by atoms with Gasteiger partial charge in [0, 0.05) is 37.7 Å². The van der Waals surface area contributed by atoms with Crippen LogP contribution in [-0.4, -0.2) is 81.3 Å². The number of carbonyl (C=O) groups excluding carboxylic acids is 2. The van der Waals surface area contributed by atoms with E-state index >= 15 is 0 Å². The van der Waals surface area contributed by atoms with Crippen molar-refractivity contribution in [3.63, 3.8) is 0 Å². The number of hydrogen-bond donors (Lipinski definition) is 4. The lowest BCUT2D eigenvalue weighted by molar-refractivity contribution is -0.335. The Morgan fingerprint density at radius 3 is 2.35 bits per heavy atom. The first kappa shape index (κ1) is 26.7. The first-order valence-electron chi connectivity index (χ1n) is 13.0. The number of carbonyl (C=O) groups is 2. The van der Waals surface area contributed by atoms with Gasteiger partial charge in [-0.1, -0.05) is 44.2 Å². The lowest BCUT2D eigenvalue weighted by atomic mass is 9.41. The van der Waals surface area contributed by atoms with Crippen molar-refractivity contribution >= 4 is 11.6 Å². The Balaban J connectivity index is 1.80. The number of hydrogen-bond acceptors (Lipinski definition) is 8. The summed E-state index contributed by atoms with van der Waals surface area (Å²) in [6.45, 7) is 6.59. The summed E-state index contributed by atoms with van der Waals surface area (Å²) >= 11 is 0. The molecule has 0 aromatic heterocycles. The molecule has 37 heavy (non-hydrogen) atoms. The van der Waals surface area contributed by atoms with E-state index in [1.165, 1.54) is 7.11 Å². The summed E-state index contributed by atoms with van der Waals surface area (Å²) in [5.41, 5.74) is -4.88. The third-order valence-corrected chi connectivity index (χ3v) is 10.3. The number of fused-ring (bicyclic) bond motifs is 5. The van der Waals surface area contributed by atoms with Crippen molar-refractivity contribution in [3.8, 4) is 0 Å². The fourth-order valence-corrected chi connectivity index (χ4v) is 8.12. The fraction of sp³-hybridized carbons (Fsp3) is 0.655.